The smallest absolute Gasteiger partial charge is 0.275 e. The van der Waals surface area contributed by atoms with Gasteiger partial charge in [-0.05, 0) is 29.5 Å². The highest BCUT2D eigenvalue weighted by Gasteiger charge is 2.13. The van der Waals surface area contributed by atoms with E-state index in [2.05, 4.69) is 36.2 Å². The van der Waals surface area contributed by atoms with Gasteiger partial charge < -0.3 is 5.32 Å². The molecule has 0 aliphatic carbocycles. The second-order valence-electron chi connectivity index (χ2n) is 7.50. The molecule has 0 bridgehead atoms. The SMILES string of the molecule is CCc1nn2c(=O)cc(CSCC(=O)Nc3ccc(C(C)(C)C)cc3)nc2s1. The molecule has 148 valence electrons. The van der Waals surface area contributed by atoms with Crippen LogP contribution in [0.1, 0.15) is 44.0 Å². The lowest BCUT2D eigenvalue weighted by atomic mass is 9.87. The molecule has 1 N–H and O–H groups in total. The number of carbonyl (C=O) groups is 1. The summed E-state index contributed by atoms with van der Waals surface area (Å²) in [5.41, 5.74) is 2.58. The van der Waals surface area contributed by atoms with Crippen LogP contribution in [-0.4, -0.2) is 26.3 Å². The Morgan fingerprint density at radius 2 is 1.96 bits per heavy atom. The first kappa shape index (κ1) is 20.5. The van der Waals surface area contributed by atoms with Gasteiger partial charge in [0, 0.05) is 17.5 Å². The van der Waals surface area contributed by atoms with Crippen LogP contribution in [-0.2, 0) is 22.4 Å². The topological polar surface area (TPSA) is 76.4 Å². The normalized spacial score (nSPS) is 11.7. The van der Waals surface area contributed by atoms with Gasteiger partial charge in [0.05, 0.1) is 11.4 Å². The quantitative estimate of drug-likeness (QED) is 0.660. The fourth-order valence-corrected chi connectivity index (χ4v) is 4.19. The van der Waals surface area contributed by atoms with E-state index in [9.17, 15) is 9.59 Å². The summed E-state index contributed by atoms with van der Waals surface area (Å²) in [7, 11) is 0. The van der Waals surface area contributed by atoms with E-state index in [0.717, 1.165) is 17.1 Å². The standard InChI is InChI=1S/C20H24N4O2S2/c1-5-17-23-24-18(26)10-15(22-19(24)28-17)11-27-12-16(25)21-14-8-6-13(7-9-14)20(2,3)4/h6-10H,5,11-12H2,1-4H3,(H,21,25). The van der Waals surface area contributed by atoms with Crippen molar-refractivity contribution in [2.75, 3.05) is 11.1 Å². The van der Waals surface area contributed by atoms with Crippen LogP contribution in [0.15, 0.2) is 35.1 Å². The van der Waals surface area contributed by atoms with E-state index in [1.807, 2.05) is 31.2 Å². The fourth-order valence-electron chi connectivity index (χ4n) is 2.61. The average Bonchev–Trinajstić information content (AvgIpc) is 3.05. The number of aryl methyl sites for hydroxylation is 1. The lowest BCUT2D eigenvalue weighted by molar-refractivity contribution is -0.113. The Morgan fingerprint density at radius 1 is 1.25 bits per heavy atom. The van der Waals surface area contributed by atoms with E-state index in [-0.39, 0.29) is 16.9 Å². The zero-order valence-corrected chi connectivity index (χ0v) is 18.1. The third kappa shape index (κ3) is 4.99. The first-order valence-corrected chi connectivity index (χ1v) is 11.1. The Hall–Kier alpha value is -2.19. The van der Waals surface area contributed by atoms with Crippen molar-refractivity contribution < 1.29 is 4.79 Å². The summed E-state index contributed by atoms with van der Waals surface area (Å²) >= 11 is 2.85. The molecule has 0 saturated heterocycles. The highest BCUT2D eigenvalue weighted by atomic mass is 32.2. The number of benzene rings is 1. The molecule has 6 nitrogen and oxygen atoms in total. The van der Waals surface area contributed by atoms with Gasteiger partial charge in [-0.1, -0.05) is 51.2 Å². The summed E-state index contributed by atoms with van der Waals surface area (Å²) in [5, 5.41) is 8.02. The molecule has 0 unspecified atom stereocenters. The molecule has 8 heteroatoms. The minimum Gasteiger partial charge on any atom is -0.325 e. The van der Waals surface area contributed by atoms with E-state index in [1.165, 1.54) is 39.2 Å². The van der Waals surface area contributed by atoms with Crippen LogP contribution in [0.5, 0.6) is 0 Å². The molecular weight excluding hydrogens is 392 g/mol. The molecule has 0 aliphatic rings. The Balaban J connectivity index is 1.55. The number of aromatic nitrogens is 3. The van der Waals surface area contributed by atoms with E-state index in [4.69, 9.17) is 0 Å². The zero-order valence-electron chi connectivity index (χ0n) is 16.5. The second-order valence-corrected chi connectivity index (χ2v) is 9.52. The highest BCUT2D eigenvalue weighted by molar-refractivity contribution is 7.99. The van der Waals surface area contributed by atoms with Gasteiger partial charge >= 0.3 is 0 Å². The number of rotatable bonds is 6. The van der Waals surface area contributed by atoms with Crippen LogP contribution >= 0.6 is 23.1 Å². The van der Waals surface area contributed by atoms with Gasteiger partial charge in [0.25, 0.3) is 5.56 Å². The molecule has 3 aromatic rings. The molecule has 1 aromatic carbocycles. The second kappa shape index (κ2) is 8.45. The summed E-state index contributed by atoms with van der Waals surface area (Å²) in [6.07, 6.45) is 0.772. The molecule has 1 amide bonds. The number of anilines is 1. The van der Waals surface area contributed by atoms with Crippen molar-refractivity contribution in [1.29, 1.82) is 0 Å². The van der Waals surface area contributed by atoms with Crippen LogP contribution in [0.3, 0.4) is 0 Å². The van der Waals surface area contributed by atoms with Crippen LogP contribution in [0.4, 0.5) is 5.69 Å². The van der Waals surface area contributed by atoms with Crippen LogP contribution in [0.25, 0.3) is 4.96 Å². The minimum absolute atomic E-state index is 0.0719. The summed E-state index contributed by atoms with van der Waals surface area (Å²) in [4.78, 5) is 29.4. The first-order chi connectivity index (χ1) is 13.3. The Morgan fingerprint density at radius 3 is 2.61 bits per heavy atom. The molecule has 0 saturated carbocycles. The fraction of sp³-hybridized carbons (Fsp3) is 0.400. The number of thioether (sulfide) groups is 1. The number of nitrogens with zero attached hydrogens (tertiary/aromatic N) is 3. The van der Waals surface area contributed by atoms with Gasteiger partial charge in [0.2, 0.25) is 10.9 Å². The maximum atomic E-state index is 12.2. The molecule has 0 spiro atoms. The third-order valence-electron chi connectivity index (χ3n) is 4.16. The maximum Gasteiger partial charge on any atom is 0.275 e. The lowest BCUT2D eigenvalue weighted by Crippen LogP contribution is -2.16. The molecule has 3 rings (SSSR count). The van der Waals surface area contributed by atoms with E-state index < -0.39 is 0 Å². The van der Waals surface area contributed by atoms with Crippen molar-refractivity contribution >= 4 is 39.7 Å². The molecule has 2 heterocycles. The van der Waals surface area contributed by atoms with Gasteiger partial charge in [-0.15, -0.1) is 11.8 Å². The largest absolute Gasteiger partial charge is 0.325 e. The predicted octanol–water partition coefficient (Wildman–Crippen LogP) is 3.88. The number of amides is 1. The molecule has 0 aliphatic heterocycles. The van der Waals surface area contributed by atoms with Crippen molar-refractivity contribution in [3.63, 3.8) is 0 Å². The van der Waals surface area contributed by atoms with Gasteiger partial charge in [-0.3, -0.25) is 9.59 Å². The molecule has 28 heavy (non-hydrogen) atoms. The minimum atomic E-state index is -0.181. The average molecular weight is 417 g/mol. The Kier molecular flexibility index (Phi) is 6.20. The van der Waals surface area contributed by atoms with Crippen LogP contribution in [0.2, 0.25) is 0 Å². The van der Waals surface area contributed by atoms with Crippen molar-refractivity contribution in [3.05, 3.63) is 57.0 Å². The molecular formula is C20H24N4O2S2. The predicted molar refractivity (Wildman–Crippen MR) is 116 cm³/mol. The summed E-state index contributed by atoms with van der Waals surface area (Å²) in [6, 6.07) is 9.41. The van der Waals surface area contributed by atoms with Gasteiger partial charge in [0.1, 0.15) is 5.01 Å². The zero-order chi connectivity index (χ0) is 20.3. The maximum absolute atomic E-state index is 12.2. The molecule has 0 radical (unpaired) electrons. The van der Waals surface area contributed by atoms with Crippen molar-refractivity contribution in [3.8, 4) is 0 Å². The van der Waals surface area contributed by atoms with E-state index >= 15 is 0 Å². The lowest BCUT2D eigenvalue weighted by Gasteiger charge is -2.19. The van der Waals surface area contributed by atoms with E-state index in [1.54, 1.807) is 0 Å². The number of hydrogen-bond acceptors (Lipinski definition) is 6. The number of nitrogens with one attached hydrogen (secondary N) is 1. The molecule has 2 aromatic heterocycles. The Labute approximate surface area is 172 Å². The summed E-state index contributed by atoms with van der Waals surface area (Å²) in [5.74, 6) is 0.726. The number of hydrogen-bond donors (Lipinski definition) is 1. The summed E-state index contributed by atoms with van der Waals surface area (Å²) < 4.78 is 1.34. The van der Waals surface area contributed by atoms with Crippen molar-refractivity contribution in [2.24, 2.45) is 0 Å². The number of fused-ring (bicyclic) bond motifs is 1. The first-order valence-electron chi connectivity index (χ1n) is 9.13. The third-order valence-corrected chi connectivity index (χ3v) is 6.18. The van der Waals surface area contributed by atoms with Gasteiger partial charge in [-0.2, -0.15) is 9.61 Å². The van der Waals surface area contributed by atoms with Crippen molar-refractivity contribution in [2.45, 2.75) is 45.3 Å². The van der Waals surface area contributed by atoms with Crippen LogP contribution in [0, 0.1) is 0 Å². The molecule has 0 fully saturated rings. The number of carbonyl (C=O) groups excluding carboxylic acids is 1. The highest BCUT2D eigenvalue weighted by Crippen LogP contribution is 2.23. The van der Waals surface area contributed by atoms with Gasteiger partial charge in [-0.25, -0.2) is 4.98 Å². The molecule has 0 atom stereocenters. The van der Waals surface area contributed by atoms with Gasteiger partial charge in [0.15, 0.2) is 0 Å². The van der Waals surface area contributed by atoms with Crippen molar-refractivity contribution in [1.82, 2.24) is 14.6 Å². The van der Waals surface area contributed by atoms with E-state index in [0.29, 0.717) is 22.2 Å². The monoisotopic (exact) mass is 416 g/mol. The Bertz CT molecular complexity index is 1030. The van der Waals surface area contributed by atoms with Crippen LogP contribution < -0.4 is 10.9 Å². The summed E-state index contributed by atoms with van der Waals surface area (Å²) in [6.45, 7) is 8.46.